The zero-order valence-electron chi connectivity index (χ0n) is 19.5. The zero-order valence-corrected chi connectivity index (χ0v) is 19.5. The first kappa shape index (κ1) is 21.7. The third-order valence-electron chi connectivity index (χ3n) is 10.3. The minimum absolute atomic E-state index is 0.0381. The molecule has 4 saturated carbocycles. The van der Waals surface area contributed by atoms with E-state index in [4.69, 9.17) is 0 Å². The average molecular weight is 398 g/mol. The molecule has 8 atom stereocenters. The molecule has 4 aliphatic rings. The van der Waals surface area contributed by atoms with Gasteiger partial charge in [-0.15, -0.1) is 0 Å². The van der Waals surface area contributed by atoms with Crippen molar-refractivity contribution in [2.75, 3.05) is 0 Å². The summed E-state index contributed by atoms with van der Waals surface area (Å²) in [7, 11) is 0. The van der Waals surface area contributed by atoms with Crippen molar-refractivity contribution in [2.24, 2.45) is 46.8 Å². The van der Waals surface area contributed by atoms with E-state index in [2.05, 4.69) is 19.9 Å². The Balaban J connectivity index is 1.40. The largest absolute Gasteiger partial charge is 0.198 e. The van der Waals surface area contributed by atoms with E-state index in [9.17, 15) is 5.26 Å². The van der Waals surface area contributed by atoms with Gasteiger partial charge in [0.1, 0.15) is 0 Å². The van der Waals surface area contributed by atoms with Crippen molar-refractivity contribution in [3.63, 3.8) is 0 Å². The second-order valence-electron chi connectivity index (χ2n) is 11.7. The van der Waals surface area contributed by atoms with Crippen LogP contribution in [0.15, 0.2) is 0 Å². The highest BCUT2D eigenvalue weighted by Crippen LogP contribution is 2.60. The molecule has 1 nitrogen and oxygen atoms in total. The Morgan fingerprint density at radius 1 is 0.759 bits per heavy atom. The summed E-state index contributed by atoms with van der Waals surface area (Å²) in [4.78, 5) is 0. The summed E-state index contributed by atoms with van der Waals surface area (Å²) in [5, 5.41) is 10.0. The number of nitriles is 1. The summed E-state index contributed by atoms with van der Waals surface area (Å²) in [6, 6.07) is 2.83. The lowest BCUT2D eigenvalue weighted by atomic mass is 9.48. The van der Waals surface area contributed by atoms with Crippen molar-refractivity contribution in [2.45, 2.75) is 123 Å². The normalized spacial score (nSPS) is 44.2. The molecule has 4 rings (SSSR count). The predicted molar refractivity (Wildman–Crippen MR) is 122 cm³/mol. The lowest BCUT2D eigenvalue weighted by Gasteiger charge is -2.57. The van der Waals surface area contributed by atoms with Crippen LogP contribution in [0.25, 0.3) is 0 Å². The van der Waals surface area contributed by atoms with Crippen LogP contribution < -0.4 is 0 Å². The number of hydrogen-bond donors (Lipinski definition) is 0. The van der Waals surface area contributed by atoms with E-state index in [1.165, 1.54) is 96.3 Å². The van der Waals surface area contributed by atoms with Crippen molar-refractivity contribution in [1.82, 2.24) is 0 Å². The Hall–Kier alpha value is -0.510. The van der Waals surface area contributed by atoms with E-state index in [0.29, 0.717) is 0 Å². The standard InChI is InChI=1S/C28H47N/c1-3-5-7-9-21-10-8-11-25-23(21)14-15-26-24-16-18-28(20-29,17-6-4-2)19-22(24)12-13-27(25)26/h21-27H,3-19H2,1-2H3/t21-,22?,23?,24?,25?,26?,27?,28-/m0/s1. The van der Waals surface area contributed by atoms with Crippen LogP contribution in [0.5, 0.6) is 0 Å². The van der Waals surface area contributed by atoms with Gasteiger partial charge >= 0.3 is 0 Å². The highest BCUT2D eigenvalue weighted by Gasteiger charge is 2.52. The molecule has 0 aromatic rings. The van der Waals surface area contributed by atoms with Crippen LogP contribution in [0.1, 0.15) is 123 Å². The Labute approximate surface area is 181 Å². The van der Waals surface area contributed by atoms with E-state index in [0.717, 1.165) is 41.4 Å². The number of hydrogen-bond acceptors (Lipinski definition) is 1. The number of fused-ring (bicyclic) bond motifs is 5. The molecule has 0 bridgehead atoms. The van der Waals surface area contributed by atoms with Crippen LogP contribution in [0.4, 0.5) is 0 Å². The second kappa shape index (κ2) is 9.75. The minimum Gasteiger partial charge on any atom is -0.198 e. The molecule has 0 aromatic carbocycles. The molecular formula is C28H47N. The molecule has 6 unspecified atom stereocenters. The van der Waals surface area contributed by atoms with Crippen molar-refractivity contribution < 1.29 is 0 Å². The molecule has 164 valence electrons. The summed E-state index contributed by atoms with van der Waals surface area (Å²) >= 11 is 0. The maximum Gasteiger partial charge on any atom is 0.0689 e. The van der Waals surface area contributed by atoms with Crippen LogP contribution in [0, 0.1) is 58.2 Å². The summed E-state index contributed by atoms with van der Waals surface area (Å²) in [5.74, 6) is 7.12. The molecule has 4 fully saturated rings. The van der Waals surface area contributed by atoms with Gasteiger partial charge in [-0.3, -0.25) is 0 Å². The van der Waals surface area contributed by atoms with Crippen LogP contribution in [0.3, 0.4) is 0 Å². The molecule has 0 radical (unpaired) electrons. The van der Waals surface area contributed by atoms with Gasteiger partial charge in [-0.05, 0) is 99.2 Å². The van der Waals surface area contributed by atoms with E-state index >= 15 is 0 Å². The summed E-state index contributed by atoms with van der Waals surface area (Å²) in [5.41, 5.74) is 0.0381. The van der Waals surface area contributed by atoms with Crippen molar-refractivity contribution in [1.29, 1.82) is 5.26 Å². The zero-order chi connectivity index (χ0) is 20.3. The highest BCUT2D eigenvalue weighted by molar-refractivity contribution is 5.07. The van der Waals surface area contributed by atoms with Gasteiger partial charge in [0.15, 0.2) is 0 Å². The summed E-state index contributed by atoms with van der Waals surface area (Å²) in [6.45, 7) is 4.63. The molecule has 4 aliphatic carbocycles. The van der Waals surface area contributed by atoms with Crippen LogP contribution >= 0.6 is 0 Å². The molecule has 0 saturated heterocycles. The molecular weight excluding hydrogens is 350 g/mol. The number of unbranched alkanes of at least 4 members (excludes halogenated alkanes) is 3. The van der Waals surface area contributed by atoms with E-state index in [1.807, 2.05) is 0 Å². The molecule has 0 heterocycles. The molecule has 0 aromatic heterocycles. The molecule has 0 spiro atoms. The topological polar surface area (TPSA) is 23.8 Å². The maximum absolute atomic E-state index is 10.0. The quantitative estimate of drug-likeness (QED) is 0.395. The summed E-state index contributed by atoms with van der Waals surface area (Å²) < 4.78 is 0. The Bertz CT molecular complexity index is 561. The average Bonchev–Trinajstić information content (AvgIpc) is 2.77. The third kappa shape index (κ3) is 4.43. The maximum atomic E-state index is 10.0. The Morgan fingerprint density at radius 3 is 2.28 bits per heavy atom. The Morgan fingerprint density at radius 2 is 1.48 bits per heavy atom. The fraction of sp³-hybridized carbons (Fsp3) is 0.964. The van der Waals surface area contributed by atoms with Gasteiger partial charge in [0.2, 0.25) is 0 Å². The molecule has 0 aliphatic heterocycles. The van der Waals surface area contributed by atoms with Gasteiger partial charge in [-0.1, -0.05) is 65.2 Å². The van der Waals surface area contributed by atoms with Gasteiger partial charge in [0.25, 0.3) is 0 Å². The van der Waals surface area contributed by atoms with Crippen molar-refractivity contribution in [3.8, 4) is 6.07 Å². The van der Waals surface area contributed by atoms with E-state index in [-0.39, 0.29) is 5.41 Å². The van der Waals surface area contributed by atoms with Gasteiger partial charge < -0.3 is 0 Å². The van der Waals surface area contributed by atoms with Gasteiger partial charge in [-0.2, -0.15) is 5.26 Å². The van der Waals surface area contributed by atoms with Crippen LogP contribution in [-0.2, 0) is 0 Å². The van der Waals surface area contributed by atoms with Crippen molar-refractivity contribution >= 4 is 0 Å². The predicted octanol–water partition coefficient (Wildman–Crippen LogP) is 8.54. The number of nitrogens with zero attached hydrogens (tertiary/aromatic N) is 1. The highest BCUT2D eigenvalue weighted by atomic mass is 14.6. The van der Waals surface area contributed by atoms with E-state index < -0.39 is 0 Å². The molecule has 0 amide bonds. The lowest BCUT2D eigenvalue weighted by molar-refractivity contribution is -0.0718. The van der Waals surface area contributed by atoms with Gasteiger partial charge in [0.05, 0.1) is 11.5 Å². The smallest absolute Gasteiger partial charge is 0.0689 e. The SMILES string of the molecule is CCCCC[C@H]1CCCC2C3CCC4C[C@](C#N)(CCCC)CCC4C3CCC21. The first-order valence-corrected chi connectivity index (χ1v) is 13.6. The fourth-order valence-corrected chi connectivity index (χ4v) is 8.89. The second-order valence-corrected chi connectivity index (χ2v) is 11.7. The lowest BCUT2D eigenvalue weighted by Crippen LogP contribution is -2.49. The number of rotatable bonds is 7. The minimum atomic E-state index is 0.0381. The first-order chi connectivity index (χ1) is 14.2. The van der Waals surface area contributed by atoms with Crippen LogP contribution in [0.2, 0.25) is 0 Å². The van der Waals surface area contributed by atoms with Crippen molar-refractivity contribution in [3.05, 3.63) is 0 Å². The van der Waals surface area contributed by atoms with Gasteiger partial charge in [-0.25, -0.2) is 0 Å². The first-order valence-electron chi connectivity index (χ1n) is 13.6. The molecule has 1 heteroatoms. The summed E-state index contributed by atoms with van der Waals surface area (Å²) in [6.07, 6.45) is 24.0. The molecule has 29 heavy (non-hydrogen) atoms. The van der Waals surface area contributed by atoms with Crippen LogP contribution in [-0.4, -0.2) is 0 Å². The van der Waals surface area contributed by atoms with Gasteiger partial charge in [0, 0.05) is 0 Å². The Kier molecular flexibility index (Phi) is 7.30. The third-order valence-corrected chi connectivity index (χ3v) is 10.3. The monoisotopic (exact) mass is 397 g/mol. The fourth-order valence-electron chi connectivity index (χ4n) is 8.89. The van der Waals surface area contributed by atoms with E-state index in [1.54, 1.807) is 12.8 Å². The molecule has 0 N–H and O–H groups in total.